The molecule has 1 aromatic heterocycles. The number of H-pyrrole nitrogens is 1. The van der Waals surface area contributed by atoms with Crippen molar-refractivity contribution in [2.45, 2.75) is 0 Å². The van der Waals surface area contributed by atoms with Crippen molar-refractivity contribution in [1.82, 2.24) is 4.98 Å². The largest absolute Gasteiger partial charge is 0.465 e. The lowest BCUT2D eigenvalue weighted by atomic mass is 10.0. The van der Waals surface area contributed by atoms with Gasteiger partial charge in [-0.15, -0.1) is 0 Å². The number of halogens is 1. The summed E-state index contributed by atoms with van der Waals surface area (Å²) in [4.78, 5) is 38.7. The van der Waals surface area contributed by atoms with E-state index in [1.165, 1.54) is 24.3 Å². The Morgan fingerprint density at radius 1 is 0.875 bits per heavy atom. The number of carbonyl (C=O) groups is 3. The van der Waals surface area contributed by atoms with Crippen molar-refractivity contribution < 1.29 is 33.0 Å². The van der Waals surface area contributed by atoms with Gasteiger partial charge in [-0.3, -0.25) is 0 Å². The Bertz CT molecular complexity index is 811. The summed E-state index contributed by atoms with van der Waals surface area (Å²) < 4.78 is 28.0. The minimum atomic E-state index is -0.963. The molecule has 0 spiro atoms. The first kappa shape index (κ1) is 17.2. The second kappa shape index (κ2) is 6.95. The summed E-state index contributed by atoms with van der Waals surface area (Å²) in [6, 6.07) is 5.56. The van der Waals surface area contributed by atoms with E-state index in [9.17, 15) is 18.8 Å². The third-order valence-corrected chi connectivity index (χ3v) is 3.31. The number of hydrogen-bond donors (Lipinski definition) is 1. The summed E-state index contributed by atoms with van der Waals surface area (Å²) in [7, 11) is 3.28. The zero-order chi connectivity index (χ0) is 17.9. The van der Waals surface area contributed by atoms with Crippen molar-refractivity contribution >= 4 is 17.9 Å². The molecule has 2 rings (SSSR count). The summed E-state index contributed by atoms with van der Waals surface area (Å²) in [6.45, 7) is 0. The lowest BCUT2D eigenvalue weighted by Gasteiger charge is -2.06. The van der Waals surface area contributed by atoms with Gasteiger partial charge in [0.15, 0.2) is 0 Å². The van der Waals surface area contributed by atoms with Crippen LogP contribution in [0.2, 0.25) is 0 Å². The molecule has 0 atom stereocenters. The van der Waals surface area contributed by atoms with Crippen LogP contribution in [0.3, 0.4) is 0 Å². The van der Waals surface area contributed by atoms with Gasteiger partial charge < -0.3 is 19.2 Å². The molecule has 0 amide bonds. The minimum absolute atomic E-state index is 0.0155. The molecule has 0 unspecified atom stereocenters. The number of benzene rings is 1. The quantitative estimate of drug-likeness (QED) is 0.680. The number of hydrogen-bond acceptors (Lipinski definition) is 6. The molecule has 0 bridgehead atoms. The van der Waals surface area contributed by atoms with E-state index < -0.39 is 23.7 Å². The van der Waals surface area contributed by atoms with Crippen LogP contribution in [0.1, 0.15) is 31.2 Å². The predicted octanol–water partition coefficient (Wildman–Crippen LogP) is 2.18. The molecule has 0 aliphatic rings. The molecule has 0 aliphatic heterocycles. The monoisotopic (exact) mass is 335 g/mol. The highest BCUT2D eigenvalue weighted by Gasteiger charge is 2.33. The van der Waals surface area contributed by atoms with Crippen LogP contribution in [-0.4, -0.2) is 44.2 Å². The number of ether oxygens (including phenoxy) is 3. The van der Waals surface area contributed by atoms with Gasteiger partial charge in [0, 0.05) is 5.56 Å². The van der Waals surface area contributed by atoms with Gasteiger partial charge >= 0.3 is 17.9 Å². The van der Waals surface area contributed by atoms with Crippen LogP contribution in [0, 0.1) is 5.82 Å². The van der Waals surface area contributed by atoms with E-state index in [0.717, 1.165) is 21.3 Å². The maximum atomic E-state index is 14.1. The second-order valence-corrected chi connectivity index (χ2v) is 4.58. The maximum absolute atomic E-state index is 14.1. The first-order chi connectivity index (χ1) is 11.5. The fourth-order valence-electron chi connectivity index (χ4n) is 2.23. The SMILES string of the molecule is COC(=O)c1[nH]c(-c2ccccc2F)c(C(=O)OC)c1C(=O)OC. The van der Waals surface area contributed by atoms with E-state index in [4.69, 9.17) is 0 Å². The summed E-state index contributed by atoms with van der Waals surface area (Å²) in [5.74, 6) is -3.46. The number of methoxy groups -OCH3 is 3. The van der Waals surface area contributed by atoms with Crippen LogP contribution < -0.4 is 0 Å². The first-order valence-corrected chi connectivity index (χ1v) is 6.72. The average molecular weight is 335 g/mol. The van der Waals surface area contributed by atoms with Crippen LogP contribution in [0.5, 0.6) is 0 Å². The molecule has 0 saturated carbocycles. The van der Waals surface area contributed by atoms with Crippen molar-refractivity contribution in [3.63, 3.8) is 0 Å². The fraction of sp³-hybridized carbons (Fsp3) is 0.188. The predicted molar refractivity (Wildman–Crippen MR) is 80.2 cm³/mol. The zero-order valence-corrected chi connectivity index (χ0v) is 13.1. The van der Waals surface area contributed by atoms with E-state index in [0.29, 0.717) is 0 Å². The second-order valence-electron chi connectivity index (χ2n) is 4.58. The van der Waals surface area contributed by atoms with Crippen molar-refractivity contribution in [2.75, 3.05) is 21.3 Å². The highest BCUT2D eigenvalue weighted by molar-refractivity contribution is 6.13. The molecule has 24 heavy (non-hydrogen) atoms. The van der Waals surface area contributed by atoms with Crippen LogP contribution in [0.4, 0.5) is 4.39 Å². The Hall–Kier alpha value is -3.16. The molecule has 2 aromatic rings. The molecule has 126 valence electrons. The third kappa shape index (κ3) is 2.85. The van der Waals surface area contributed by atoms with Crippen LogP contribution in [0.15, 0.2) is 24.3 Å². The molecule has 0 radical (unpaired) electrons. The van der Waals surface area contributed by atoms with Crippen LogP contribution in [0.25, 0.3) is 11.3 Å². The highest BCUT2D eigenvalue weighted by atomic mass is 19.1. The molecule has 0 fully saturated rings. The van der Waals surface area contributed by atoms with Gasteiger partial charge in [0.05, 0.1) is 27.0 Å². The average Bonchev–Trinajstić information content (AvgIpc) is 3.00. The number of rotatable bonds is 4. The molecule has 8 heteroatoms. The molecular formula is C16H14FNO6. The maximum Gasteiger partial charge on any atom is 0.355 e. The molecule has 0 saturated heterocycles. The lowest BCUT2D eigenvalue weighted by molar-refractivity contribution is 0.0537. The standard InChI is InChI=1S/C16H14FNO6/c1-22-14(19)10-11(15(20)23-2)13(16(21)24-3)18-12(10)8-6-4-5-7-9(8)17/h4-7,18H,1-3H3. The molecule has 1 aromatic carbocycles. The lowest BCUT2D eigenvalue weighted by Crippen LogP contribution is -2.14. The molecular weight excluding hydrogens is 321 g/mol. The van der Waals surface area contributed by atoms with Gasteiger partial charge in [0.25, 0.3) is 0 Å². The molecule has 7 nitrogen and oxygen atoms in total. The smallest absolute Gasteiger partial charge is 0.355 e. The molecule has 0 aliphatic carbocycles. The minimum Gasteiger partial charge on any atom is -0.465 e. The summed E-state index contributed by atoms with van der Waals surface area (Å²) in [5, 5.41) is 0. The first-order valence-electron chi connectivity index (χ1n) is 6.72. The number of esters is 3. The number of nitrogens with one attached hydrogen (secondary N) is 1. The van der Waals surface area contributed by atoms with Gasteiger partial charge in [-0.1, -0.05) is 12.1 Å². The molecule has 1 heterocycles. The van der Waals surface area contributed by atoms with Gasteiger partial charge in [-0.2, -0.15) is 0 Å². The van der Waals surface area contributed by atoms with E-state index in [-0.39, 0.29) is 28.1 Å². The van der Waals surface area contributed by atoms with Crippen LogP contribution >= 0.6 is 0 Å². The van der Waals surface area contributed by atoms with E-state index >= 15 is 0 Å². The van der Waals surface area contributed by atoms with Gasteiger partial charge in [-0.05, 0) is 12.1 Å². The van der Waals surface area contributed by atoms with Gasteiger partial charge in [0.1, 0.15) is 22.6 Å². The summed E-state index contributed by atoms with van der Waals surface area (Å²) in [6.07, 6.45) is 0. The Labute approximate surface area is 136 Å². The van der Waals surface area contributed by atoms with E-state index in [1.54, 1.807) is 0 Å². The van der Waals surface area contributed by atoms with Crippen molar-refractivity contribution in [2.24, 2.45) is 0 Å². The fourth-order valence-corrected chi connectivity index (χ4v) is 2.23. The van der Waals surface area contributed by atoms with Gasteiger partial charge in [0.2, 0.25) is 0 Å². The van der Waals surface area contributed by atoms with Crippen molar-refractivity contribution in [3.8, 4) is 11.3 Å². The number of aromatic amines is 1. The van der Waals surface area contributed by atoms with E-state index in [2.05, 4.69) is 19.2 Å². The number of carbonyl (C=O) groups excluding carboxylic acids is 3. The Balaban J connectivity index is 2.87. The third-order valence-electron chi connectivity index (χ3n) is 3.31. The summed E-state index contributed by atoms with van der Waals surface area (Å²) in [5.41, 5.74) is -1.12. The highest BCUT2D eigenvalue weighted by Crippen LogP contribution is 2.31. The van der Waals surface area contributed by atoms with Crippen molar-refractivity contribution in [3.05, 3.63) is 46.9 Å². The zero-order valence-electron chi connectivity index (χ0n) is 13.1. The normalized spacial score (nSPS) is 10.2. The summed E-state index contributed by atoms with van der Waals surface area (Å²) >= 11 is 0. The Morgan fingerprint density at radius 2 is 1.42 bits per heavy atom. The van der Waals surface area contributed by atoms with Crippen molar-refractivity contribution in [1.29, 1.82) is 0 Å². The topological polar surface area (TPSA) is 94.7 Å². The Morgan fingerprint density at radius 3 is 1.96 bits per heavy atom. The molecule has 1 N–H and O–H groups in total. The van der Waals surface area contributed by atoms with Gasteiger partial charge in [-0.25, -0.2) is 18.8 Å². The van der Waals surface area contributed by atoms with Crippen LogP contribution in [-0.2, 0) is 14.2 Å². The number of aromatic nitrogens is 1. The van der Waals surface area contributed by atoms with E-state index in [1.807, 2.05) is 0 Å². The Kier molecular flexibility index (Phi) is 4.98.